The molecule has 1 amide bonds. The van der Waals surface area contributed by atoms with Crippen molar-refractivity contribution in [3.05, 3.63) is 69.6 Å². The molecule has 0 aliphatic rings. The zero-order valence-corrected chi connectivity index (χ0v) is 10.9. The second-order valence-electron chi connectivity index (χ2n) is 4.08. The molecule has 1 aromatic heterocycles. The Hall–Kier alpha value is -2.07. The van der Waals surface area contributed by atoms with Crippen molar-refractivity contribution in [2.24, 2.45) is 0 Å². The highest BCUT2D eigenvalue weighted by Crippen LogP contribution is 2.07. The number of nitrogens with one attached hydrogen (secondary N) is 2. The van der Waals surface area contributed by atoms with Crippen molar-refractivity contribution in [3.63, 3.8) is 0 Å². The third-order valence-electron chi connectivity index (χ3n) is 2.64. The molecule has 1 heterocycles. The zero-order valence-electron chi connectivity index (χ0n) is 10.2. The molecule has 0 aliphatic heterocycles. The minimum Gasteiger partial charge on any atom is -0.348 e. The lowest BCUT2D eigenvalue weighted by molar-refractivity contribution is 0.0950. The van der Waals surface area contributed by atoms with Gasteiger partial charge in [-0.1, -0.05) is 24.3 Å². The van der Waals surface area contributed by atoms with Crippen LogP contribution in [-0.4, -0.2) is 10.9 Å². The summed E-state index contributed by atoms with van der Waals surface area (Å²) in [4.78, 5) is 25.4. The van der Waals surface area contributed by atoms with Crippen LogP contribution in [0.5, 0.6) is 0 Å². The van der Waals surface area contributed by atoms with Crippen molar-refractivity contribution in [1.29, 1.82) is 0 Å². The van der Waals surface area contributed by atoms with Gasteiger partial charge in [-0.05, 0) is 17.2 Å². The highest BCUT2D eigenvalue weighted by molar-refractivity contribution is 6.17. The molecule has 0 saturated heterocycles. The van der Waals surface area contributed by atoms with Crippen molar-refractivity contribution in [2.45, 2.75) is 12.4 Å². The van der Waals surface area contributed by atoms with E-state index in [1.54, 1.807) is 6.07 Å². The van der Waals surface area contributed by atoms with Crippen LogP contribution >= 0.6 is 11.6 Å². The molecule has 19 heavy (non-hydrogen) atoms. The average Bonchev–Trinajstić information content (AvgIpc) is 2.45. The summed E-state index contributed by atoms with van der Waals surface area (Å²) in [6.45, 7) is 0.399. The third-order valence-corrected chi connectivity index (χ3v) is 2.94. The first-order chi connectivity index (χ1) is 9.19. The lowest BCUT2D eigenvalue weighted by atomic mass is 10.1. The number of amides is 1. The number of pyridine rings is 1. The first kappa shape index (κ1) is 13.4. The summed E-state index contributed by atoms with van der Waals surface area (Å²) in [5, 5.41) is 2.76. The number of aromatic amines is 1. The maximum atomic E-state index is 11.8. The van der Waals surface area contributed by atoms with Crippen LogP contribution in [0.25, 0.3) is 0 Å². The summed E-state index contributed by atoms with van der Waals surface area (Å²) in [7, 11) is 0. The van der Waals surface area contributed by atoms with E-state index in [4.69, 9.17) is 11.6 Å². The highest BCUT2D eigenvalue weighted by Gasteiger charge is 2.05. The van der Waals surface area contributed by atoms with E-state index >= 15 is 0 Å². The van der Waals surface area contributed by atoms with E-state index in [0.29, 0.717) is 18.0 Å². The lowest BCUT2D eigenvalue weighted by Gasteiger charge is -2.06. The van der Waals surface area contributed by atoms with E-state index in [0.717, 1.165) is 11.1 Å². The molecule has 0 bridgehead atoms. The average molecular weight is 277 g/mol. The molecule has 4 nitrogen and oxygen atoms in total. The molecule has 0 radical (unpaired) electrons. The molecule has 0 unspecified atom stereocenters. The topological polar surface area (TPSA) is 62.0 Å². The quantitative estimate of drug-likeness (QED) is 0.840. The van der Waals surface area contributed by atoms with Crippen LogP contribution in [0.4, 0.5) is 0 Å². The minimum absolute atomic E-state index is 0.276. The van der Waals surface area contributed by atoms with Gasteiger partial charge in [-0.15, -0.1) is 11.6 Å². The number of H-pyrrole nitrogens is 1. The van der Waals surface area contributed by atoms with E-state index in [9.17, 15) is 9.59 Å². The molecule has 0 spiro atoms. The molecular formula is C14H13ClN2O2. The summed E-state index contributed by atoms with van der Waals surface area (Å²) in [5.41, 5.74) is 2.02. The van der Waals surface area contributed by atoms with Gasteiger partial charge >= 0.3 is 0 Å². The molecule has 1 aromatic carbocycles. The summed E-state index contributed by atoms with van der Waals surface area (Å²) in [5.74, 6) is 0.165. The molecule has 0 atom stereocenters. The van der Waals surface area contributed by atoms with Gasteiger partial charge in [-0.25, -0.2) is 0 Å². The number of aromatic nitrogens is 1. The summed E-state index contributed by atoms with van der Waals surface area (Å²) < 4.78 is 0. The number of carbonyl (C=O) groups excluding carboxylic acids is 1. The van der Waals surface area contributed by atoms with Crippen LogP contribution in [0.1, 0.15) is 21.5 Å². The Bertz CT molecular complexity index is 637. The van der Waals surface area contributed by atoms with Gasteiger partial charge in [-0.2, -0.15) is 0 Å². The number of carbonyl (C=O) groups is 1. The van der Waals surface area contributed by atoms with Crippen LogP contribution in [0, 0.1) is 0 Å². The fourth-order valence-electron chi connectivity index (χ4n) is 1.69. The first-order valence-electron chi connectivity index (χ1n) is 5.80. The van der Waals surface area contributed by atoms with Gasteiger partial charge in [0, 0.05) is 30.3 Å². The van der Waals surface area contributed by atoms with Crippen molar-refractivity contribution in [3.8, 4) is 0 Å². The maximum absolute atomic E-state index is 11.8. The lowest BCUT2D eigenvalue weighted by Crippen LogP contribution is -2.24. The number of alkyl halides is 1. The third kappa shape index (κ3) is 3.69. The van der Waals surface area contributed by atoms with Crippen molar-refractivity contribution < 1.29 is 4.79 Å². The van der Waals surface area contributed by atoms with Gasteiger partial charge in [-0.3, -0.25) is 9.59 Å². The maximum Gasteiger partial charge on any atom is 0.251 e. The molecule has 0 saturated carbocycles. The van der Waals surface area contributed by atoms with E-state index < -0.39 is 0 Å². The number of halogens is 1. The number of hydrogen-bond acceptors (Lipinski definition) is 2. The zero-order chi connectivity index (χ0) is 13.7. The van der Waals surface area contributed by atoms with Crippen molar-refractivity contribution in [1.82, 2.24) is 10.3 Å². The minimum atomic E-state index is -0.295. The van der Waals surface area contributed by atoms with Crippen LogP contribution in [0.2, 0.25) is 0 Å². The Balaban J connectivity index is 2.02. The molecule has 2 N–H and O–H groups in total. The molecule has 0 aliphatic carbocycles. The Morgan fingerprint density at radius 1 is 1.21 bits per heavy atom. The van der Waals surface area contributed by atoms with Gasteiger partial charge in [0.05, 0.1) is 0 Å². The Morgan fingerprint density at radius 3 is 2.74 bits per heavy atom. The standard InChI is InChI=1S/C14H13ClN2O2/c15-8-10-2-1-3-11(6-10)9-17-14(19)12-4-5-16-13(18)7-12/h1-7H,8-9H2,(H,16,18)(H,17,19). The number of hydrogen-bond donors (Lipinski definition) is 2. The van der Waals surface area contributed by atoms with Gasteiger partial charge in [0.1, 0.15) is 0 Å². The highest BCUT2D eigenvalue weighted by atomic mass is 35.5. The summed E-state index contributed by atoms with van der Waals surface area (Å²) in [6, 6.07) is 10.5. The summed E-state index contributed by atoms with van der Waals surface area (Å²) in [6.07, 6.45) is 1.45. The summed E-state index contributed by atoms with van der Waals surface area (Å²) >= 11 is 5.75. The Labute approximate surface area is 115 Å². The Kier molecular flexibility index (Phi) is 4.36. The normalized spacial score (nSPS) is 10.2. The van der Waals surface area contributed by atoms with Gasteiger partial charge in [0.25, 0.3) is 5.91 Å². The van der Waals surface area contributed by atoms with Crippen LogP contribution < -0.4 is 10.9 Å². The molecule has 5 heteroatoms. The van der Waals surface area contributed by atoms with Gasteiger partial charge in [0.15, 0.2) is 0 Å². The second kappa shape index (κ2) is 6.20. The van der Waals surface area contributed by atoms with Crippen LogP contribution in [0.15, 0.2) is 47.4 Å². The predicted octanol–water partition coefficient (Wildman–Crippen LogP) is 2.04. The van der Waals surface area contributed by atoms with Crippen molar-refractivity contribution >= 4 is 17.5 Å². The largest absolute Gasteiger partial charge is 0.348 e. The molecule has 2 aromatic rings. The number of benzene rings is 1. The van der Waals surface area contributed by atoms with E-state index in [-0.39, 0.29) is 11.5 Å². The SMILES string of the molecule is O=C(NCc1cccc(CCl)c1)c1cc[nH]c(=O)c1. The Morgan fingerprint density at radius 2 is 2.00 bits per heavy atom. The van der Waals surface area contributed by atoms with Gasteiger partial charge in [0.2, 0.25) is 5.56 Å². The van der Waals surface area contributed by atoms with Gasteiger partial charge < -0.3 is 10.3 Å². The molecule has 0 fully saturated rings. The van der Waals surface area contributed by atoms with E-state index in [2.05, 4.69) is 10.3 Å². The molecular weight excluding hydrogens is 264 g/mol. The van der Waals surface area contributed by atoms with Crippen LogP contribution in [-0.2, 0) is 12.4 Å². The van der Waals surface area contributed by atoms with Crippen molar-refractivity contribution in [2.75, 3.05) is 0 Å². The fourth-order valence-corrected chi connectivity index (χ4v) is 1.86. The fraction of sp³-hybridized carbons (Fsp3) is 0.143. The van der Waals surface area contributed by atoms with E-state index in [1.165, 1.54) is 12.3 Å². The van der Waals surface area contributed by atoms with E-state index in [1.807, 2.05) is 24.3 Å². The number of rotatable bonds is 4. The van der Waals surface area contributed by atoms with Crippen LogP contribution in [0.3, 0.4) is 0 Å². The monoisotopic (exact) mass is 276 g/mol. The smallest absolute Gasteiger partial charge is 0.251 e. The molecule has 98 valence electrons. The first-order valence-corrected chi connectivity index (χ1v) is 6.33. The second-order valence-corrected chi connectivity index (χ2v) is 4.35. The predicted molar refractivity (Wildman–Crippen MR) is 74.2 cm³/mol. The molecule has 2 rings (SSSR count).